The molecule has 1 aromatic heterocycles. The Morgan fingerprint density at radius 1 is 1.25 bits per heavy atom. The topological polar surface area (TPSA) is 72.5 Å². The monoisotopic (exact) mass is 329 g/mol. The third-order valence-corrected chi connectivity index (χ3v) is 5.86. The molecule has 2 aromatic rings. The zero-order valence-corrected chi connectivity index (χ0v) is 12.3. The molecule has 0 amide bonds. The maximum Gasteiger partial charge on any atom is 0.338 e. The summed E-state index contributed by atoms with van der Waals surface area (Å²) >= 11 is 6.69. The van der Waals surface area contributed by atoms with Crippen LogP contribution in [0.4, 0.5) is 5.69 Å². The van der Waals surface area contributed by atoms with Crippen molar-refractivity contribution in [3.05, 3.63) is 45.8 Å². The average molecular weight is 330 g/mol. The van der Waals surface area contributed by atoms with Gasteiger partial charge in [-0.1, -0.05) is 17.7 Å². The van der Waals surface area contributed by atoms with Gasteiger partial charge >= 0.3 is 5.97 Å². The van der Waals surface area contributed by atoms with E-state index in [1.807, 2.05) is 0 Å². The van der Waals surface area contributed by atoms with Gasteiger partial charge in [0.1, 0.15) is 10.8 Å². The quantitative estimate of drug-likeness (QED) is 0.879. The number of carbonyl (C=O) groups excluding carboxylic acids is 1. The van der Waals surface area contributed by atoms with Gasteiger partial charge in [-0.2, -0.15) is 0 Å². The van der Waals surface area contributed by atoms with Gasteiger partial charge in [-0.05, 0) is 24.3 Å². The normalized spacial score (nSPS) is 13.9. The predicted molar refractivity (Wildman–Crippen MR) is 75.7 cm³/mol. The molecule has 1 aliphatic rings. The fourth-order valence-electron chi connectivity index (χ4n) is 1.82. The second-order valence-corrected chi connectivity index (χ2v) is 7.74. The first-order valence-electron chi connectivity index (χ1n) is 5.54. The molecule has 1 aromatic carbocycles. The summed E-state index contributed by atoms with van der Waals surface area (Å²) < 4.78 is 32.0. The van der Waals surface area contributed by atoms with Crippen LogP contribution in [-0.2, 0) is 21.4 Å². The Bertz CT molecular complexity index is 798. The third-order valence-electron chi connectivity index (χ3n) is 2.75. The first-order chi connectivity index (χ1) is 9.45. The van der Waals surface area contributed by atoms with Crippen LogP contribution in [0.1, 0.15) is 15.9 Å². The average Bonchev–Trinajstić information content (AvgIpc) is 2.97. The van der Waals surface area contributed by atoms with Crippen LogP contribution in [0.2, 0.25) is 4.34 Å². The number of fused-ring (bicyclic) bond motifs is 1. The molecule has 1 N–H and O–H groups in total. The van der Waals surface area contributed by atoms with E-state index in [2.05, 4.69) is 4.72 Å². The van der Waals surface area contributed by atoms with Crippen LogP contribution < -0.4 is 4.72 Å². The lowest BCUT2D eigenvalue weighted by Gasteiger charge is -2.06. The number of sulfonamides is 1. The molecule has 3 rings (SSSR count). The molecule has 2 heterocycles. The summed E-state index contributed by atoms with van der Waals surface area (Å²) in [5.74, 6) is -0.444. The Kier molecular flexibility index (Phi) is 3.19. The number of benzene rings is 1. The third kappa shape index (κ3) is 2.39. The SMILES string of the molecule is O=C1OCc2ccc(NS(=O)(=O)c3ccc(Cl)s3)cc21. The van der Waals surface area contributed by atoms with Crippen molar-refractivity contribution in [1.29, 1.82) is 0 Å². The molecule has 0 unspecified atom stereocenters. The first-order valence-corrected chi connectivity index (χ1v) is 8.22. The second-order valence-electron chi connectivity index (χ2n) is 4.11. The summed E-state index contributed by atoms with van der Waals surface area (Å²) in [7, 11) is -3.70. The molecule has 8 heteroatoms. The summed E-state index contributed by atoms with van der Waals surface area (Å²) in [5, 5.41) is 0. The lowest BCUT2D eigenvalue weighted by Crippen LogP contribution is -2.11. The largest absolute Gasteiger partial charge is 0.457 e. The van der Waals surface area contributed by atoms with Crippen LogP contribution in [0.15, 0.2) is 34.5 Å². The van der Waals surface area contributed by atoms with Crippen LogP contribution in [0, 0.1) is 0 Å². The van der Waals surface area contributed by atoms with E-state index >= 15 is 0 Å². The van der Waals surface area contributed by atoms with Crippen LogP contribution >= 0.6 is 22.9 Å². The van der Waals surface area contributed by atoms with E-state index in [-0.39, 0.29) is 10.8 Å². The van der Waals surface area contributed by atoms with Crippen LogP contribution in [0.5, 0.6) is 0 Å². The van der Waals surface area contributed by atoms with Gasteiger partial charge in [-0.3, -0.25) is 4.72 Å². The number of cyclic esters (lactones) is 1. The highest BCUT2D eigenvalue weighted by Crippen LogP contribution is 2.29. The fraction of sp³-hybridized carbons (Fsp3) is 0.0833. The highest BCUT2D eigenvalue weighted by molar-refractivity contribution is 7.94. The Labute approximate surface area is 124 Å². The minimum atomic E-state index is -3.70. The Morgan fingerprint density at radius 3 is 2.75 bits per heavy atom. The molecule has 0 atom stereocenters. The molecule has 20 heavy (non-hydrogen) atoms. The van der Waals surface area contributed by atoms with Gasteiger partial charge in [0.05, 0.1) is 9.90 Å². The number of esters is 1. The minimum Gasteiger partial charge on any atom is -0.457 e. The summed E-state index contributed by atoms with van der Waals surface area (Å²) in [4.78, 5) is 11.4. The Balaban J connectivity index is 1.92. The second kappa shape index (κ2) is 4.76. The van der Waals surface area contributed by atoms with Crippen molar-refractivity contribution in [3.8, 4) is 0 Å². The summed E-state index contributed by atoms with van der Waals surface area (Å²) in [6.07, 6.45) is 0. The molecule has 0 bridgehead atoms. The smallest absolute Gasteiger partial charge is 0.338 e. The van der Waals surface area contributed by atoms with E-state index in [9.17, 15) is 13.2 Å². The van der Waals surface area contributed by atoms with E-state index in [0.717, 1.165) is 16.9 Å². The van der Waals surface area contributed by atoms with Gasteiger partial charge in [0, 0.05) is 11.3 Å². The van der Waals surface area contributed by atoms with E-state index in [1.54, 1.807) is 12.1 Å². The number of halogens is 1. The molecule has 104 valence electrons. The van der Waals surface area contributed by atoms with Crippen LogP contribution in [0.25, 0.3) is 0 Å². The fourth-order valence-corrected chi connectivity index (χ4v) is 4.36. The van der Waals surface area contributed by atoms with E-state index in [0.29, 0.717) is 15.6 Å². The van der Waals surface area contributed by atoms with Crippen molar-refractivity contribution in [2.75, 3.05) is 4.72 Å². The van der Waals surface area contributed by atoms with Crippen LogP contribution in [-0.4, -0.2) is 14.4 Å². The van der Waals surface area contributed by atoms with Crippen LogP contribution in [0.3, 0.4) is 0 Å². The molecular formula is C12H8ClNO4S2. The van der Waals surface area contributed by atoms with Crippen molar-refractivity contribution in [3.63, 3.8) is 0 Å². The number of rotatable bonds is 3. The number of carbonyl (C=O) groups is 1. The summed E-state index contributed by atoms with van der Waals surface area (Å²) in [6, 6.07) is 7.67. The lowest BCUT2D eigenvalue weighted by molar-refractivity contribution is 0.0535. The van der Waals surface area contributed by atoms with Crippen molar-refractivity contribution in [2.45, 2.75) is 10.8 Å². The van der Waals surface area contributed by atoms with Gasteiger partial charge in [-0.25, -0.2) is 13.2 Å². The van der Waals surface area contributed by atoms with E-state index in [4.69, 9.17) is 16.3 Å². The van der Waals surface area contributed by atoms with Crippen molar-refractivity contribution in [1.82, 2.24) is 0 Å². The maximum atomic E-state index is 12.1. The molecule has 0 saturated carbocycles. The van der Waals surface area contributed by atoms with E-state index < -0.39 is 16.0 Å². The van der Waals surface area contributed by atoms with Crippen molar-refractivity contribution >= 4 is 44.6 Å². The molecule has 1 aliphatic heterocycles. The maximum absolute atomic E-state index is 12.1. The molecule has 0 fully saturated rings. The number of nitrogens with one attached hydrogen (secondary N) is 1. The predicted octanol–water partition coefficient (Wildman–Crippen LogP) is 2.87. The van der Waals surface area contributed by atoms with Gasteiger partial charge in [0.25, 0.3) is 10.0 Å². The highest BCUT2D eigenvalue weighted by atomic mass is 35.5. The standard InChI is InChI=1S/C12H8ClNO4S2/c13-10-3-4-11(19-10)20(16,17)14-8-2-1-7-6-18-12(15)9(7)5-8/h1-5,14H,6H2. The Hall–Kier alpha value is -1.57. The van der Waals surface area contributed by atoms with Gasteiger partial charge in [0.2, 0.25) is 0 Å². The van der Waals surface area contributed by atoms with Crippen molar-refractivity contribution < 1.29 is 17.9 Å². The van der Waals surface area contributed by atoms with Gasteiger partial charge < -0.3 is 4.74 Å². The summed E-state index contributed by atoms with van der Waals surface area (Å²) in [6.45, 7) is 0.224. The lowest BCUT2D eigenvalue weighted by atomic mass is 10.1. The number of anilines is 1. The number of hydrogen-bond donors (Lipinski definition) is 1. The summed E-state index contributed by atoms with van der Waals surface area (Å²) in [5.41, 5.74) is 1.44. The molecule has 0 saturated heterocycles. The molecular weight excluding hydrogens is 322 g/mol. The molecule has 0 radical (unpaired) electrons. The zero-order chi connectivity index (χ0) is 14.3. The zero-order valence-electron chi connectivity index (χ0n) is 9.92. The number of ether oxygens (including phenoxy) is 1. The Morgan fingerprint density at radius 2 is 2.05 bits per heavy atom. The molecule has 0 spiro atoms. The van der Waals surface area contributed by atoms with Gasteiger partial charge in [-0.15, -0.1) is 11.3 Å². The number of hydrogen-bond acceptors (Lipinski definition) is 5. The van der Waals surface area contributed by atoms with E-state index in [1.165, 1.54) is 18.2 Å². The van der Waals surface area contributed by atoms with Gasteiger partial charge in [0.15, 0.2) is 0 Å². The number of thiophene rings is 1. The molecule has 5 nitrogen and oxygen atoms in total. The highest BCUT2D eigenvalue weighted by Gasteiger charge is 2.23. The van der Waals surface area contributed by atoms with Crippen molar-refractivity contribution in [2.24, 2.45) is 0 Å². The molecule has 0 aliphatic carbocycles. The first kappa shape index (κ1) is 13.4. The minimum absolute atomic E-state index is 0.116.